The molecular formula is C14H13N3O3. The van der Waals surface area contributed by atoms with E-state index in [-0.39, 0.29) is 11.4 Å². The first kappa shape index (κ1) is 12.3. The Morgan fingerprint density at radius 1 is 1.30 bits per heavy atom. The summed E-state index contributed by atoms with van der Waals surface area (Å²) < 4.78 is 3.13. The van der Waals surface area contributed by atoms with Gasteiger partial charge in [-0.2, -0.15) is 5.10 Å². The zero-order valence-electron chi connectivity index (χ0n) is 11.0. The zero-order valence-corrected chi connectivity index (χ0v) is 11.0. The Hall–Kier alpha value is -2.76. The summed E-state index contributed by atoms with van der Waals surface area (Å²) in [6.45, 7) is 0. The number of aryl methyl sites for hydroxylation is 2. The molecule has 0 bridgehead atoms. The van der Waals surface area contributed by atoms with Crippen molar-refractivity contribution >= 4 is 16.9 Å². The number of nitrogens with zero attached hydrogens (tertiary/aromatic N) is 3. The smallest absolute Gasteiger partial charge is 0.354 e. The van der Waals surface area contributed by atoms with E-state index < -0.39 is 5.97 Å². The maximum absolute atomic E-state index is 11.1. The maximum Gasteiger partial charge on any atom is 0.354 e. The van der Waals surface area contributed by atoms with Crippen molar-refractivity contribution in [2.75, 3.05) is 0 Å². The molecule has 0 atom stereocenters. The average Bonchev–Trinajstić information content (AvgIpc) is 2.91. The fraction of sp³-hybridized carbons (Fsp3) is 0.143. The minimum absolute atomic E-state index is 0.122. The number of aromatic hydroxyl groups is 1. The number of carbonyl (C=O) groups is 1. The number of phenols is 1. The SMILES string of the molecule is Cn1nc(-c2cn(C)c3c(O)cccc23)cc1C(=O)O. The number of fused-ring (bicyclic) bond motifs is 1. The lowest BCUT2D eigenvalue weighted by molar-refractivity contribution is 0.0685. The van der Waals surface area contributed by atoms with Crippen LogP contribution < -0.4 is 0 Å². The largest absolute Gasteiger partial charge is 0.506 e. The first-order valence-electron chi connectivity index (χ1n) is 6.03. The van der Waals surface area contributed by atoms with Crippen molar-refractivity contribution in [1.29, 1.82) is 0 Å². The van der Waals surface area contributed by atoms with Crippen LogP contribution in [-0.2, 0) is 14.1 Å². The van der Waals surface area contributed by atoms with Gasteiger partial charge in [0, 0.05) is 31.2 Å². The summed E-state index contributed by atoms with van der Waals surface area (Å²) in [5.41, 5.74) is 2.18. The highest BCUT2D eigenvalue weighted by molar-refractivity contribution is 5.99. The molecule has 0 aliphatic carbocycles. The van der Waals surface area contributed by atoms with Gasteiger partial charge in [0.2, 0.25) is 0 Å². The van der Waals surface area contributed by atoms with Crippen molar-refractivity contribution in [3.63, 3.8) is 0 Å². The quantitative estimate of drug-likeness (QED) is 0.747. The minimum atomic E-state index is -1.02. The molecule has 0 aliphatic rings. The van der Waals surface area contributed by atoms with Crippen molar-refractivity contribution in [1.82, 2.24) is 14.3 Å². The van der Waals surface area contributed by atoms with Gasteiger partial charge in [-0.15, -0.1) is 0 Å². The highest BCUT2D eigenvalue weighted by atomic mass is 16.4. The van der Waals surface area contributed by atoms with Gasteiger partial charge in [-0.1, -0.05) is 12.1 Å². The van der Waals surface area contributed by atoms with E-state index in [1.807, 2.05) is 19.3 Å². The van der Waals surface area contributed by atoms with E-state index in [1.165, 1.54) is 10.7 Å². The molecule has 2 N–H and O–H groups in total. The normalized spacial score (nSPS) is 11.1. The van der Waals surface area contributed by atoms with Crippen LogP contribution in [0.1, 0.15) is 10.5 Å². The second-order valence-electron chi connectivity index (χ2n) is 4.67. The molecule has 0 fully saturated rings. The van der Waals surface area contributed by atoms with Gasteiger partial charge in [-0.05, 0) is 12.1 Å². The van der Waals surface area contributed by atoms with Crippen LogP contribution >= 0.6 is 0 Å². The molecule has 0 saturated carbocycles. The van der Waals surface area contributed by atoms with Gasteiger partial charge >= 0.3 is 5.97 Å². The Kier molecular flexibility index (Phi) is 2.53. The fourth-order valence-electron chi connectivity index (χ4n) is 2.45. The number of carboxylic acid groups (broad SMARTS) is 1. The van der Waals surface area contributed by atoms with Crippen LogP contribution in [0.2, 0.25) is 0 Å². The van der Waals surface area contributed by atoms with Crippen molar-refractivity contribution in [2.24, 2.45) is 14.1 Å². The van der Waals surface area contributed by atoms with Crippen LogP contribution in [0.4, 0.5) is 0 Å². The molecule has 0 spiro atoms. The zero-order chi connectivity index (χ0) is 14.4. The van der Waals surface area contributed by atoms with E-state index in [0.29, 0.717) is 11.2 Å². The van der Waals surface area contributed by atoms with Crippen molar-refractivity contribution in [3.05, 3.63) is 36.2 Å². The first-order valence-corrected chi connectivity index (χ1v) is 6.03. The van der Waals surface area contributed by atoms with E-state index in [0.717, 1.165) is 10.9 Å². The molecular weight excluding hydrogens is 258 g/mol. The van der Waals surface area contributed by atoms with E-state index in [4.69, 9.17) is 5.11 Å². The van der Waals surface area contributed by atoms with Gasteiger partial charge in [0.25, 0.3) is 0 Å². The van der Waals surface area contributed by atoms with Gasteiger partial charge in [-0.25, -0.2) is 4.79 Å². The molecule has 6 nitrogen and oxygen atoms in total. The third-order valence-electron chi connectivity index (χ3n) is 3.36. The highest BCUT2D eigenvalue weighted by Gasteiger charge is 2.17. The summed E-state index contributed by atoms with van der Waals surface area (Å²) in [7, 11) is 3.42. The summed E-state index contributed by atoms with van der Waals surface area (Å²) in [6, 6.07) is 6.77. The third-order valence-corrected chi connectivity index (χ3v) is 3.36. The predicted molar refractivity (Wildman–Crippen MR) is 73.7 cm³/mol. The molecule has 0 saturated heterocycles. The van der Waals surface area contributed by atoms with Crippen LogP contribution in [0.15, 0.2) is 30.5 Å². The van der Waals surface area contributed by atoms with Gasteiger partial charge in [0.05, 0.1) is 11.2 Å². The van der Waals surface area contributed by atoms with E-state index >= 15 is 0 Å². The van der Waals surface area contributed by atoms with E-state index in [1.54, 1.807) is 23.7 Å². The number of para-hydroxylation sites is 1. The molecule has 6 heteroatoms. The number of aromatic nitrogens is 3. The number of carboxylic acids is 1. The number of rotatable bonds is 2. The number of benzene rings is 1. The Morgan fingerprint density at radius 2 is 2.05 bits per heavy atom. The molecule has 3 aromatic rings. The maximum atomic E-state index is 11.1. The third kappa shape index (κ3) is 1.65. The number of hydrogen-bond donors (Lipinski definition) is 2. The van der Waals surface area contributed by atoms with Crippen LogP contribution in [0.5, 0.6) is 5.75 Å². The molecule has 102 valence electrons. The van der Waals surface area contributed by atoms with Gasteiger partial charge in [-0.3, -0.25) is 4.68 Å². The van der Waals surface area contributed by atoms with Gasteiger partial charge in [0.1, 0.15) is 11.4 Å². The molecule has 20 heavy (non-hydrogen) atoms. The van der Waals surface area contributed by atoms with Gasteiger partial charge in [0.15, 0.2) is 0 Å². The second-order valence-corrected chi connectivity index (χ2v) is 4.67. The molecule has 2 heterocycles. The second kappa shape index (κ2) is 4.12. The lowest BCUT2D eigenvalue weighted by Gasteiger charge is -1.98. The topological polar surface area (TPSA) is 80.3 Å². The summed E-state index contributed by atoms with van der Waals surface area (Å²) >= 11 is 0. The summed E-state index contributed by atoms with van der Waals surface area (Å²) in [5, 5.41) is 24.1. The molecule has 0 unspecified atom stereocenters. The number of hydrogen-bond acceptors (Lipinski definition) is 3. The molecule has 2 aromatic heterocycles. The van der Waals surface area contributed by atoms with E-state index in [9.17, 15) is 9.90 Å². The molecule has 0 amide bonds. The van der Waals surface area contributed by atoms with Crippen molar-refractivity contribution < 1.29 is 15.0 Å². The Morgan fingerprint density at radius 3 is 2.70 bits per heavy atom. The lowest BCUT2D eigenvalue weighted by Crippen LogP contribution is -2.04. The van der Waals surface area contributed by atoms with Crippen molar-refractivity contribution in [3.8, 4) is 17.0 Å². The minimum Gasteiger partial charge on any atom is -0.506 e. The van der Waals surface area contributed by atoms with Crippen LogP contribution in [0, 0.1) is 0 Å². The summed E-state index contributed by atoms with van der Waals surface area (Å²) in [6.07, 6.45) is 1.83. The molecule has 0 aliphatic heterocycles. The Bertz CT molecular complexity index is 830. The van der Waals surface area contributed by atoms with Crippen LogP contribution in [0.25, 0.3) is 22.2 Å². The standard InChI is InChI=1S/C14H13N3O3/c1-16-7-9(8-4-3-5-12(18)13(8)16)10-6-11(14(19)20)17(2)15-10/h3-7,18H,1-2H3,(H,19,20). The predicted octanol–water partition coefficient (Wildman–Crippen LogP) is 1.98. The highest BCUT2D eigenvalue weighted by Crippen LogP contribution is 2.34. The Balaban J connectivity index is 2.28. The average molecular weight is 271 g/mol. The summed E-state index contributed by atoms with van der Waals surface area (Å²) in [4.78, 5) is 11.1. The van der Waals surface area contributed by atoms with Crippen LogP contribution in [-0.4, -0.2) is 30.5 Å². The molecule has 3 rings (SSSR count). The lowest BCUT2D eigenvalue weighted by atomic mass is 10.1. The Labute approximate surface area is 114 Å². The monoisotopic (exact) mass is 271 g/mol. The number of phenolic OH excluding ortho intramolecular Hbond substituents is 1. The van der Waals surface area contributed by atoms with Crippen molar-refractivity contribution in [2.45, 2.75) is 0 Å². The number of aromatic carboxylic acids is 1. The van der Waals surface area contributed by atoms with Gasteiger partial charge < -0.3 is 14.8 Å². The first-order chi connectivity index (χ1) is 9.49. The molecule has 1 aromatic carbocycles. The molecule has 0 radical (unpaired) electrons. The summed E-state index contributed by atoms with van der Waals surface area (Å²) in [5.74, 6) is -0.833. The fourth-order valence-corrected chi connectivity index (χ4v) is 2.45. The van der Waals surface area contributed by atoms with E-state index in [2.05, 4.69) is 5.10 Å². The van der Waals surface area contributed by atoms with Crippen LogP contribution in [0.3, 0.4) is 0 Å².